The third-order valence-electron chi connectivity index (χ3n) is 6.25. The maximum atomic E-state index is 15.2. The summed E-state index contributed by atoms with van der Waals surface area (Å²) in [4.78, 5) is 20.0. The quantitative estimate of drug-likeness (QED) is 0.401. The molecule has 164 valence electrons. The van der Waals surface area contributed by atoms with Gasteiger partial charge in [0.25, 0.3) is 0 Å². The summed E-state index contributed by atoms with van der Waals surface area (Å²) in [5.41, 5.74) is 3.59. The Labute approximate surface area is 190 Å². The number of H-pyrrole nitrogens is 1. The molecule has 4 nitrogen and oxygen atoms in total. The molecular weight excluding hydrogens is 423 g/mol. The zero-order valence-electron chi connectivity index (χ0n) is 17.9. The first-order valence-electron chi connectivity index (χ1n) is 10.9. The summed E-state index contributed by atoms with van der Waals surface area (Å²) in [6.45, 7) is 0.572. The van der Waals surface area contributed by atoms with E-state index in [1.807, 2.05) is 29.2 Å². The topological polar surface area (TPSA) is 45.3 Å². The number of benzene rings is 2. The SMILES string of the molecule is COc1ccc(C2c3[nH]c4ccccc4c3CCN2C(=O)CCCc2cccs2)c(F)c1. The van der Waals surface area contributed by atoms with Gasteiger partial charge in [-0.15, -0.1) is 11.3 Å². The van der Waals surface area contributed by atoms with E-state index in [-0.39, 0.29) is 11.7 Å². The fourth-order valence-corrected chi connectivity index (χ4v) is 5.45. The van der Waals surface area contributed by atoms with Crippen molar-refractivity contribution in [1.29, 1.82) is 0 Å². The minimum Gasteiger partial charge on any atom is -0.497 e. The Morgan fingerprint density at radius 3 is 2.88 bits per heavy atom. The monoisotopic (exact) mass is 448 g/mol. The van der Waals surface area contributed by atoms with E-state index in [0.29, 0.717) is 24.3 Å². The van der Waals surface area contributed by atoms with Crippen molar-refractivity contribution in [3.63, 3.8) is 0 Å². The number of carbonyl (C=O) groups excluding carboxylic acids is 1. The van der Waals surface area contributed by atoms with Gasteiger partial charge in [-0.25, -0.2) is 4.39 Å². The summed E-state index contributed by atoms with van der Waals surface area (Å²) in [6.07, 6.45) is 2.87. The van der Waals surface area contributed by atoms with Gasteiger partial charge in [0.2, 0.25) is 5.91 Å². The summed E-state index contributed by atoms with van der Waals surface area (Å²) >= 11 is 1.71. The van der Waals surface area contributed by atoms with Crippen molar-refractivity contribution in [3.05, 3.63) is 87.5 Å². The number of thiophene rings is 1. The molecule has 1 unspecified atom stereocenters. The third-order valence-corrected chi connectivity index (χ3v) is 7.19. The van der Waals surface area contributed by atoms with Crippen LogP contribution in [-0.4, -0.2) is 29.4 Å². The van der Waals surface area contributed by atoms with Crippen LogP contribution in [0.5, 0.6) is 5.75 Å². The maximum absolute atomic E-state index is 15.2. The van der Waals surface area contributed by atoms with E-state index in [1.165, 1.54) is 23.6 Å². The largest absolute Gasteiger partial charge is 0.497 e. The first kappa shape index (κ1) is 20.8. The second-order valence-electron chi connectivity index (χ2n) is 8.12. The molecule has 6 heteroatoms. The summed E-state index contributed by atoms with van der Waals surface area (Å²) in [7, 11) is 1.52. The van der Waals surface area contributed by atoms with Crippen LogP contribution in [0.4, 0.5) is 4.39 Å². The number of nitrogens with zero attached hydrogens (tertiary/aromatic N) is 1. The number of hydrogen-bond acceptors (Lipinski definition) is 3. The normalized spacial score (nSPS) is 15.7. The molecule has 0 bridgehead atoms. The van der Waals surface area contributed by atoms with Gasteiger partial charge in [-0.2, -0.15) is 0 Å². The molecule has 0 aliphatic carbocycles. The van der Waals surface area contributed by atoms with Gasteiger partial charge in [-0.05, 0) is 54.5 Å². The number of para-hydroxylation sites is 1. The Hall–Kier alpha value is -3.12. The lowest BCUT2D eigenvalue weighted by Gasteiger charge is -2.36. The highest BCUT2D eigenvalue weighted by atomic mass is 32.1. The molecule has 1 amide bonds. The lowest BCUT2D eigenvalue weighted by molar-refractivity contribution is -0.133. The van der Waals surface area contributed by atoms with Crippen molar-refractivity contribution < 1.29 is 13.9 Å². The summed E-state index contributed by atoms with van der Waals surface area (Å²) in [5.74, 6) is 0.163. The van der Waals surface area contributed by atoms with Crippen molar-refractivity contribution in [2.75, 3.05) is 13.7 Å². The van der Waals surface area contributed by atoms with E-state index in [2.05, 4.69) is 22.5 Å². The van der Waals surface area contributed by atoms with Gasteiger partial charge < -0.3 is 14.6 Å². The Balaban J connectivity index is 1.50. The summed E-state index contributed by atoms with van der Waals surface area (Å²) < 4.78 is 20.4. The second-order valence-corrected chi connectivity index (χ2v) is 9.16. The number of amides is 1. The molecule has 1 atom stereocenters. The van der Waals surface area contributed by atoms with Crippen molar-refractivity contribution >= 4 is 28.1 Å². The number of halogens is 1. The number of aryl methyl sites for hydroxylation is 1. The molecule has 32 heavy (non-hydrogen) atoms. The Morgan fingerprint density at radius 1 is 1.22 bits per heavy atom. The van der Waals surface area contributed by atoms with Crippen LogP contribution in [-0.2, 0) is 17.6 Å². The fourth-order valence-electron chi connectivity index (χ4n) is 4.70. The van der Waals surface area contributed by atoms with E-state index in [0.717, 1.165) is 35.9 Å². The van der Waals surface area contributed by atoms with Gasteiger partial charge in [0.1, 0.15) is 17.6 Å². The standard InChI is InChI=1S/C26H25FN2O2S/c1-31-17-11-12-21(22(27)16-17)26-25-20(19-8-2-3-9-23(19)28-25)13-14-29(26)24(30)10-4-6-18-7-5-15-32-18/h2-3,5,7-9,11-12,15-16,26,28H,4,6,10,13-14H2,1H3. The van der Waals surface area contributed by atoms with Gasteiger partial charge in [0.15, 0.2) is 0 Å². The number of methoxy groups -OCH3 is 1. The van der Waals surface area contributed by atoms with E-state index in [1.54, 1.807) is 23.5 Å². The van der Waals surface area contributed by atoms with E-state index in [9.17, 15) is 4.79 Å². The Kier molecular flexibility index (Phi) is 5.70. The van der Waals surface area contributed by atoms with E-state index < -0.39 is 6.04 Å². The maximum Gasteiger partial charge on any atom is 0.223 e. The van der Waals surface area contributed by atoms with Gasteiger partial charge in [0, 0.05) is 46.1 Å². The smallest absolute Gasteiger partial charge is 0.223 e. The highest BCUT2D eigenvalue weighted by Crippen LogP contribution is 2.40. The van der Waals surface area contributed by atoms with Crippen LogP contribution in [0.1, 0.15) is 40.6 Å². The molecular formula is C26H25FN2O2S. The molecule has 0 saturated carbocycles. The average molecular weight is 449 g/mol. The molecule has 1 aliphatic heterocycles. The first-order chi connectivity index (χ1) is 15.7. The van der Waals surface area contributed by atoms with Crippen molar-refractivity contribution in [3.8, 4) is 5.75 Å². The van der Waals surface area contributed by atoms with Crippen molar-refractivity contribution in [2.24, 2.45) is 0 Å². The van der Waals surface area contributed by atoms with Crippen LogP contribution < -0.4 is 4.74 Å². The number of hydrogen-bond donors (Lipinski definition) is 1. The van der Waals surface area contributed by atoms with Gasteiger partial charge in [-0.1, -0.05) is 24.3 Å². The Bertz CT molecular complexity index is 1250. The number of nitrogens with one attached hydrogen (secondary N) is 1. The molecule has 4 aromatic rings. The van der Waals surface area contributed by atoms with Crippen LogP contribution in [0.3, 0.4) is 0 Å². The number of rotatable bonds is 6. The molecule has 2 aromatic heterocycles. The molecule has 1 N–H and O–H groups in total. The highest BCUT2D eigenvalue weighted by molar-refractivity contribution is 7.09. The zero-order valence-corrected chi connectivity index (χ0v) is 18.8. The summed E-state index contributed by atoms with van der Waals surface area (Å²) in [5, 5.41) is 3.20. The predicted molar refractivity (Wildman–Crippen MR) is 126 cm³/mol. The molecule has 3 heterocycles. The molecule has 0 spiro atoms. The molecule has 2 aromatic carbocycles. The van der Waals surface area contributed by atoms with Crippen molar-refractivity contribution in [2.45, 2.75) is 31.7 Å². The van der Waals surface area contributed by atoms with Gasteiger partial charge >= 0.3 is 0 Å². The molecule has 1 aliphatic rings. The van der Waals surface area contributed by atoms with Gasteiger partial charge in [-0.3, -0.25) is 4.79 Å². The molecule has 0 saturated heterocycles. The number of aromatic amines is 1. The number of aromatic nitrogens is 1. The zero-order chi connectivity index (χ0) is 22.1. The molecule has 0 fully saturated rings. The number of ether oxygens (including phenoxy) is 1. The second kappa shape index (κ2) is 8.79. The number of carbonyl (C=O) groups is 1. The predicted octanol–water partition coefficient (Wildman–Crippen LogP) is 5.87. The van der Waals surface area contributed by atoms with Crippen LogP contribution >= 0.6 is 11.3 Å². The van der Waals surface area contributed by atoms with E-state index in [4.69, 9.17) is 4.74 Å². The molecule has 5 rings (SSSR count). The first-order valence-corrected chi connectivity index (χ1v) is 11.8. The summed E-state index contributed by atoms with van der Waals surface area (Å²) in [6, 6.07) is 16.7. The van der Waals surface area contributed by atoms with E-state index >= 15 is 4.39 Å². The average Bonchev–Trinajstić information content (AvgIpc) is 3.46. The van der Waals surface area contributed by atoms with Crippen LogP contribution in [0.25, 0.3) is 10.9 Å². The van der Waals surface area contributed by atoms with Crippen LogP contribution in [0, 0.1) is 5.82 Å². The third kappa shape index (κ3) is 3.79. The van der Waals surface area contributed by atoms with Crippen molar-refractivity contribution in [1.82, 2.24) is 9.88 Å². The lowest BCUT2D eigenvalue weighted by Crippen LogP contribution is -2.41. The highest BCUT2D eigenvalue weighted by Gasteiger charge is 2.35. The van der Waals surface area contributed by atoms with Crippen LogP contribution in [0.15, 0.2) is 60.0 Å². The van der Waals surface area contributed by atoms with Crippen LogP contribution in [0.2, 0.25) is 0 Å². The fraction of sp³-hybridized carbons (Fsp3) is 0.269. The minimum absolute atomic E-state index is 0.0612. The lowest BCUT2D eigenvalue weighted by atomic mass is 9.91. The van der Waals surface area contributed by atoms with Gasteiger partial charge in [0.05, 0.1) is 7.11 Å². The molecule has 0 radical (unpaired) electrons. The number of fused-ring (bicyclic) bond motifs is 3. The minimum atomic E-state index is -0.480. The Morgan fingerprint density at radius 2 is 2.09 bits per heavy atom.